The third-order valence-electron chi connectivity index (χ3n) is 3.26. The van der Waals surface area contributed by atoms with Crippen LogP contribution in [0.3, 0.4) is 0 Å². The molecule has 0 amide bonds. The van der Waals surface area contributed by atoms with Crippen LogP contribution in [-0.4, -0.2) is 34.2 Å². The lowest BCUT2D eigenvalue weighted by Crippen LogP contribution is -2.69. The summed E-state index contributed by atoms with van der Waals surface area (Å²) < 4.78 is 8.27. The Labute approximate surface area is 110 Å². The van der Waals surface area contributed by atoms with Gasteiger partial charge in [0.1, 0.15) is 0 Å². The van der Waals surface area contributed by atoms with E-state index in [9.17, 15) is 0 Å². The summed E-state index contributed by atoms with van der Waals surface area (Å²) >= 11 is 0. The molecule has 18 heavy (non-hydrogen) atoms. The van der Waals surface area contributed by atoms with Crippen LogP contribution in [0.2, 0.25) is 0 Å². The summed E-state index contributed by atoms with van der Waals surface area (Å²) in [5.41, 5.74) is 0. The van der Waals surface area contributed by atoms with E-state index >= 15 is 0 Å². The van der Waals surface area contributed by atoms with Gasteiger partial charge < -0.3 is 8.99 Å². The van der Waals surface area contributed by atoms with Crippen LogP contribution in [0.25, 0.3) is 0 Å². The maximum absolute atomic E-state index is 6.04. The van der Waals surface area contributed by atoms with Gasteiger partial charge in [-0.1, -0.05) is 60.7 Å². The average molecular weight is 257 g/mol. The van der Waals surface area contributed by atoms with Crippen LogP contribution in [0.5, 0.6) is 0 Å². The van der Waals surface area contributed by atoms with Crippen molar-refractivity contribution in [1.82, 2.24) is 4.57 Å². The Morgan fingerprint density at radius 3 is 1.44 bits per heavy atom. The highest BCUT2D eigenvalue weighted by Gasteiger charge is 2.41. The quantitative estimate of drug-likeness (QED) is 0.769. The highest BCUT2D eigenvalue weighted by molar-refractivity contribution is 6.95. The van der Waals surface area contributed by atoms with E-state index in [0.29, 0.717) is 0 Å². The van der Waals surface area contributed by atoms with Crippen LogP contribution in [-0.2, 0) is 4.43 Å². The molecule has 0 heterocycles. The summed E-state index contributed by atoms with van der Waals surface area (Å²) in [6, 6.07) is 21.0. The molecule has 3 heteroatoms. The van der Waals surface area contributed by atoms with E-state index < -0.39 is 8.48 Å². The van der Waals surface area contributed by atoms with Crippen LogP contribution in [0.15, 0.2) is 60.7 Å². The lowest BCUT2D eigenvalue weighted by atomic mass is 10.4. The minimum atomic E-state index is -2.27. The fraction of sp³-hybridized carbons (Fsp3) is 0.200. The molecule has 0 bridgehead atoms. The van der Waals surface area contributed by atoms with E-state index in [2.05, 4.69) is 67.2 Å². The summed E-state index contributed by atoms with van der Waals surface area (Å²) in [4.78, 5) is 0. The zero-order valence-corrected chi connectivity index (χ0v) is 12.1. The first-order valence-corrected chi connectivity index (χ1v) is 7.91. The minimum Gasteiger partial charge on any atom is -0.400 e. The molecule has 0 saturated carbocycles. The Bertz CT molecular complexity index is 445. The maximum Gasteiger partial charge on any atom is 0.338 e. The Balaban J connectivity index is 2.61. The summed E-state index contributed by atoms with van der Waals surface area (Å²) in [7, 11) is 3.73. The standard InChI is InChI=1S/C15H19NOSi/c1-16(2)18(17-3,14-10-6-4-7-11-14)15-12-8-5-9-13-15/h4-13H,1-3H3. The zero-order chi connectivity index (χ0) is 13.0. The Morgan fingerprint density at radius 1 is 0.778 bits per heavy atom. The molecule has 2 nitrogen and oxygen atoms in total. The fourth-order valence-corrected chi connectivity index (χ4v) is 5.92. The van der Waals surface area contributed by atoms with E-state index in [-0.39, 0.29) is 0 Å². The number of hydrogen-bond acceptors (Lipinski definition) is 2. The highest BCUT2D eigenvalue weighted by atomic mass is 28.4. The average Bonchev–Trinajstić information content (AvgIpc) is 2.42. The van der Waals surface area contributed by atoms with Gasteiger partial charge in [-0.05, 0) is 24.5 Å². The van der Waals surface area contributed by atoms with Crippen LogP contribution in [0.4, 0.5) is 0 Å². The molecule has 0 radical (unpaired) electrons. The molecule has 0 unspecified atom stereocenters. The van der Waals surface area contributed by atoms with Gasteiger partial charge in [0, 0.05) is 7.11 Å². The van der Waals surface area contributed by atoms with Gasteiger partial charge in [0.05, 0.1) is 0 Å². The smallest absolute Gasteiger partial charge is 0.338 e. The monoisotopic (exact) mass is 257 g/mol. The molecule has 0 atom stereocenters. The lowest BCUT2D eigenvalue weighted by Gasteiger charge is -2.36. The van der Waals surface area contributed by atoms with Gasteiger partial charge in [-0.2, -0.15) is 0 Å². The van der Waals surface area contributed by atoms with E-state index in [4.69, 9.17) is 4.43 Å². The van der Waals surface area contributed by atoms with E-state index in [0.717, 1.165) is 0 Å². The molecular weight excluding hydrogens is 238 g/mol. The zero-order valence-electron chi connectivity index (χ0n) is 11.1. The normalized spacial score (nSPS) is 11.8. The van der Waals surface area contributed by atoms with Crippen molar-refractivity contribution >= 4 is 18.9 Å². The number of hydrogen-bond donors (Lipinski definition) is 0. The van der Waals surface area contributed by atoms with Gasteiger partial charge in [0.25, 0.3) is 0 Å². The Hall–Kier alpha value is -1.42. The molecule has 0 aliphatic rings. The first-order valence-electron chi connectivity index (χ1n) is 6.05. The molecule has 2 aromatic carbocycles. The highest BCUT2D eigenvalue weighted by Crippen LogP contribution is 2.09. The van der Waals surface area contributed by atoms with Crippen LogP contribution in [0, 0.1) is 0 Å². The van der Waals surface area contributed by atoms with Gasteiger partial charge in [0.2, 0.25) is 0 Å². The van der Waals surface area contributed by atoms with Crippen molar-refractivity contribution in [2.45, 2.75) is 0 Å². The molecule has 0 saturated heterocycles. The minimum absolute atomic E-state index is 1.27. The Morgan fingerprint density at radius 2 is 1.17 bits per heavy atom. The fourth-order valence-electron chi connectivity index (χ4n) is 2.43. The lowest BCUT2D eigenvalue weighted by molar-refractivity contribution is 0.358. The molecule has 0 fully saturated rings. The summed E-state index contributed by atoms with van der Waals surface area (Å²) in [6.45, 7) is 0. The molecule has 0 N–H and O–H groups in total. The third kappa shape index (κ3) is 2.12. The molecule has 0 aliphatic heterocycles. The van der Waals surface area contributed by atoms with Crippen molar-refractivity contribution in [3.8, 4) is 0 Å². The topological polar surface area (TPSA) is 12.5 Å². The largest absolute Gasteiger partial charge is 0.400 e. The van der Waals surface area contributed by atoms with E-state index in [1.165, 1.54) is 10.4 Å². The second-order valence-corrected chi connectivity index (χ2v) is 8.22. The second kappa shape index (κ2) is 5.48. The van der Waals surface area contributed by atoms with Gasteiger partial charge >= 0.3 is 8.48 Å². The van der Waals surface area contributed by atoms with Crippen LogP contribution >= 0.6 is 0 Å². The van der Waals surface area contributed by atoms with Crippen LogP contribution < -0.4 is 10.4 Å². The Kier molecular flexibility index (Phi) is 3.96. The van der Waals surface area contributed by atoms with Gasteiger partial charge in [0.15, 0.2) is 0 Å². The summed E-state index contributed by atoms with van der Waals surface area (Å²) in [5.74, 6) is 0. The molecule has 0 aliphatic carbocycles. The molecule has 2 aromatic rings. The maximum atomic E-state index is 6.04. The van der Waals surface area contributed by atoms with Gasteiger partial charge in [-0.3, -0.25) is 0 Å². The van der Waals surface area contributed by atoms with Gasteiger partial charge in [-0.15, -0.1) is 0 Å². The van der Waals surface area contributed by atoms with Crippen molar-refractivity contribution in [3.05, 3.63) is 60.7 Å². The molecule has 94 valence electrons. The number of nitrogens with zero attached hydrogens (tertiary/aromatic N) is 1. The second-order valence-electron chi connectivity index (χ2n) is 4.47. The molecular formula is C15H19NOSi. The molecule has 0 aromatic heterocycles. The first-order chi connectivity index (χ1) is 8.71. The van der Waals surface area contributed by atoms with Crippen molar-refractivity contribution < 1.29 is 4.43 Å². The number of rotatable bonds is 4. The predicted molar refractivity (Wildman–Crippen MR) is 78.6 cm³/mol. The van der Waals surface area contributed by atoms with Crippen molar-refractivity contribution in [3.63, 3.8) is 0 Å². The van der Waals surface area contributed by atoms with Crippen molar-refractivity contribution in [2.75, 3.05) is 21.2 Å². The van der Waals surface area contributed by atoms with Gasteiger partial charge in [-0.25, -0.2) is 0 Å². The summed E-state index contributed by atoms with van der Waals surface area (Å²) in [5, 5.41) is 2.53. The molecule has 0 spiro atoms. The predicted octanol–water partition coefficient (Wildman–Crippen LogP) is 1.45. The SMILES string of the molecule is CO[Si](c1ccccc1)(c1ccccc1)N(C)C. The third-order valence-corrected chi connectivity index (χ3v) is 7.34. The van der Waals surface area contributed by atoms with Crippen molar-refractivity contribution in [2.24, 2.45) is 0 Å². The van der Waals surface area contributed by atoms with Crippen molar-refractivity contribution in [1.29, 1.82) is 0 Å². The molecule has 2 rings (SSSR count). The first kappa shape index (κ1) is 13.0. The van der Waals surface area contributed by atoms with Crippen LogP contribution in [0.1, 0.15) is 0 Å². The van der Waals surface area contributed by atoms with E-state index in [1.807, 2.05) is 19.2 Å². The summed E-state index contributed by atoms with van der Waals surface area (Å²) in [6.07, 6.45) is 0. The number of benzene rings is 2. The van der Waals surface area contributed by atoms with E-state index in [1.54, 1.807) is 0 Å².